The molecule has 2 aromatic heterocycles. The number of rotatable bonds is 4. The minimum absolute atomic E-state index is 0.108. The van der Waals surface area contributed by atoms with Gasteiger partial charge in [0.15, 0.2) is 0 Å². The average molecular weight is 518 g/mol. The summed E-state index contributed by atoms with van der Waals surface area (Å²) in [6, 6.07) is 20.3. The van der Waals surface area contributed by atoms with Crippen LogP contribution >= 0.6 is 0 Å². The summed E-state index contributed by atoms with van der Waals surface area (Å²) < 4.78 is 85.2. The molecule has 0 aliphatic heterocycles. The van der Waals surface area contributed by atoms with Gasteiger partial charge in [-0.25, -0.2) is 9.13 Å². The first-order chi connectivity index (χ1) is 16.8. The van der Waals surface area contributed by atoms with Gasteiger partial charge in [0.25, 0.3) is 12.7 Å². The Morgan fingerprint density at radius 2 is 0.917 bits per heavy atom. The smallest absolute Gasteiger partial charge is 0.418 e. The van der Waals surface area contributed by atoms with Crippen molar-refractivity contribution >= 4 is 20.5 Å². The Bertz CT molecular complexity index is 1110. The lowest BCUT2D eigenvalue weighted by Gasteiger charge is -1.96. The number of halogens is 8. The summed E-state index contributed by atoms with van der Waals surface area (Å²) in [5, 5.41) is 0. The second-order valence-corrected chi connectivity index (χ2v) is 7.23. The van der Waals surface area contributed by atoms with Crippen LogP contribution < -0.4 is 9.13 Å². The Hall–Kier alpha value is -3.90. The third kappa shape index (κ3) is 12.0. The molecule has 0 fully saturated rings. The number of imidazole rings is 2. The minimum atomic E-state index is -6.00. The lowest BCUT2D eigenvalue weighted by Crippen LogP contribution is -2.33. The normalized spacial score (nSPS) is 11.1. The monoisotopic (exact) mass is 518 g/mol. The van der Waals surface area contributed by atoms with Crippen LogP contribution in [0.1, 0.15) is 11.1 Å². The van der Waals surface area contributed by atoms with Crippen molar-refractivity contribution in [2.45, 2.75) is 13.1 Å². The van der Waals surface area contributed by atoms with E-state index in [4.69, 9.17) is 0 Å². The lowest BCUT2D eigenvalue weighted by molar-refractivity contribution is -0.687. The summed E-state index contributed by atoms with van der Waals surface area (Å²) in [6.07, 6.45) is 11.0. The van der Waals surface area contributed by atoms with Gasteiger partial charge in [0.1, 0.15) is 37.9 Å². The summed E-state index contributed by atoms with van der Waals surface area (Å²) in [6.45, 7) is 1.47. The molecule has 36 heavy (non-hydrogen) atoms. The zero-order chi connectivity index (χ0) is 26.8. The van der Waals surface area contributed by atoms with Gasteiger partial charge in [-0.1, -0.05) is 60.7 Å². The van der Waals surface area contributed by atoms with Crippen molar-refractivity contribution in [1.29, 1.82) is 0 Å². The Labute approximate surface area is 201 Å². The molecule has 5 nitrogen and oxygen atoms in total. The summed E-state index contributed by atoms with van der Waals surface area (Å²) in [4.78, 5) is 12.7. The molecule has 0 spiro atoms. The van der Waals surface area contributed by atoms with E-state index in [1.165, 1.54) is 11.1 Å². The number of aromatic nitrogens is 4. The maximum atomic E-state index is 12.7. The highest BCUT2D eigenvalue weighted by atomic mass is 19.5. The van der Waals surface area contributed by atoms with Crippen LogP contribution in [-0.2, 0) is 13.1 Å². The van der Waals surface area contributed by atoms with Crippen molar-refractivity contribution in [3.8, 4) is 0 Å². The molecule has 0 amide bonds. The van der Waals surface area contributed by atoms with Crippen molar-refractivity contribution < 1.29 is 48.5 Å². The number of nitrogens with zero attached hydrogens (tertiary/aromatic N) is 4. The fourth-order valence-corrected chi connectivity index (χ4v) is 2.92. The van der Waals surface area contributed by atoms with Crippen LogP contribution in [-0.4, -0.2) is 29.7 Å². The maximum Gasteiger partial charge on any atom is 0.673 e. The van der Waals surface area contributed by atoms with Crippen LogP contribution in [0, 0.1) is 0 Å². The highest BCUT2D eigenvalue weighted by Crippen LogP contribution is 2.07. The van der Waals surface area contributed by atoms with E-state index >= 15 is 0 Å². The number of carbonyl (C=O) groups excluding carboxylic acids is 1. The van der Waals surface area contributed by atoms with Gasteiger partial charge in [0.2, 0.25) is 0 Å². The molecule has 15 heteroatoms. The largest absolute Gasteiger partial charge is 0.673 e. The molecular weight excluding hydrogens is 498 g/mol. The lowest BCUT2D eigenvalue weighted by atomic mass is 10.2. The van der Waals surface area contributed by atoms with E-state index in [2.05, 4.69) is 24.3 Å². The molecule has 0 atom stereocenters. The third-order valence-electron chi connectivity index (χ3n) is 4.24. The molecule has 0 unspecified atom stereocenters. The van der Waals surface area contributed by atoms with Gasteiger partial charge in [-0.2, -0.15) is 4.79 Å². The van der Waals surface area contributed by atoms with Crippen LogP contribution in [0.3, 0.4) is 0 Å². The second kappa shape index (κ2) is 12.7. The number of benzene rings is 2. The molecule has 2 aromatic carbocycles. The summed E-state index contributed by atoms with van der Waals surface area (Å²) in [7, 11) is -12.0. The summed E-state index contributed by atoms with van der Waals surface area (Å²) in [5.74, 6) is 0. The summed E-state index contributed by atoms with van der Waals surface area (Å²) in [5.41, 5.74) is 2.40. The molecule has 4 rings (SSSR count). The Morgan fingerprint density at radius 3 is 1.22 bits per heavy atom. The second-order valence-electron chi connectivity index (χ2n) is 7.23. The first-order valence-corrected chi connectivity index (χ1v) is 10.3. The van der Waals surface area contributed by atoms with E-state index in [-0.39, 0.29) is 6.03 Å². The molecule has 0 aliphatic rings. The van der Waals surface area contributed by atoms with Crippen molar-refractivity contribution in [3.63, 3.8) is 0 Å². The van der Waals surface area contributed by atoms with E-state index in [9.17, 15) is 39.3 Å². The predicted molar refractivity (Wildman–Crippen MR) is 117 cm³/mol. The van der Waals surface area contributed by atoms with Crippen molar-refractivity contribution in [2.75, 3.05) is 0 Å². The standard InChI is InChI=1S/C21H20N4O.2BF4/c26-21(24-13-11-22(17-24)15-19-7-3-1-4-8-19)25-14-12-23(18-25)16-20-9-5-2-6-10-20;2*2-1(3,4)5/h1-14,17-18H,15-16H2;;/q+2;2*-1. The number of carbonyl (C=O) groups is 1. The number of hydrogen-bond donors (Lipinski definition) is 0. The highest BCUT2D eigenvalue weighted by Gasteiger charge is 2.22. The van der Waals surface area contributed by atoms with E-state index in [0.29, 0.717) is 0 Å². The van der Waals surface area contributed by atoms with E-state index in [0.717, 1.165) is 13.1 Å². The van der Waals surface area contributed by atoms with Crippen molar-refractivity contribution in [3.05, 3.63) is 109 Å². The zero-order valence-corrected chi connectivity index (χ0v) is 18.5. The van der Waals surface area contributed by atoms with E-state index in [1.807, 2.05) is 70.6 Å². The minimum Gasteiger partial charge on any atom is -0.418 e. The SMILES string of the molecule is F[B-](F)(F)F.F[B-](F)(F)F.O=C(n1cc[n+](Cc2ccccc2)c1)n1cc[n+](Cc2ccccc2)c1. The molecule has 192 valence electrons. The Morgan fingerprint density at radius 1 is 0.611 bits per heavy atom. The molecule has 0 saturated heterocycles. The third-order valence-corrected chi connectivity index (χ3v) is 4.24. The molecule has 2 heterocycles. The van der Waals surface area contributed by atoms with Gasteiger partial charge >= 0.3 is 20.5 Å². The molecule has 4 aromatic rings. The summed E-state index contributed by atoms with van der Waals surface area (Å²) >= 11 is 0. The molecule has 0 saturated carbocycles. The number of hydrogen-bond acceptors (Lipinski definition) is 1. The average Bonchev–Trinajstić information content (AvgIpc) is 3.42. The van der Waals surface area contributed by atoms with Crippen LogP contribution in [0.5, 0.6) is 0 Å². The highest BCUT2D eigenvalue weighted by molar-refractivity contribution is 6.50. The quantitative estimate of drug-likeness (QED) is 0.211. The molecule has 0 aliphatic carbocycles. The van der Waals surface area contributed by atoms with Gasteiger partial charge in [0.05, 0.1) is 0 Å². The van der Waals surface area contributed by atoms with E-state index in [1.54, 1.807) is 21.5 Å². The van der Waals surface area contributed by atoms with E-state index < -0.39 is 14.5 Å². The molecular formula is C21H20B2F8N4O. The predicted octanol–water partition coefficient (Wildman–Crippen LogP) is 5.08. The van der Waals surface area contributed by atoms with Gasteiger partial charge < -0.3 is 34.5 Å². The molecule has 0 bridgehead atoms. The molecule has 0 radical (unpaired) electrons. The Balaban J connectivity index is 0.000000389. The molecule has 0 N–H and O–H groups in total. The van der Waals surface area contributed by atoms with Gasteiger partial charge in [0, 0.05) is 0 Å². The van der Waals surface area contributed by atoms with Gasteiger partial charge in [-0.3, -0.25) is 0 Å². The zero-order valence-electron chi connectivity index (χ0n) is 18.5. The maximum absolute atomic E-state index is 12.7. The van der Waals surface area contributed by atoms with Gasteiger partial charge in [-0.05, 0) is 11.1 Å². The van der Waals surface area contributed by atoms with Crippen LogP contribution in [0.25, 0.3) is 0 Å². The van der Waals surface area contributed by atoms with Crippen LogP contribution in [0.2, 0.25) is 0 Å². The fraction of sp³-hybridized carbons (Fsp3) is 0.0952. The van der Waals surface area contributed by atoms with Crippen LogP contribution in [0.15, 0.2) is 98.1 Å². The Kier molecular flexibility index (Phi) is 10.00. The first kappa shape index (κ1) is 28.3. The first-order valence-electron chi connectivity index (χ1n) is 10.3. The van der Waals surface area contributed by atoms with Crippen LogP contribution in [0.4, 0.5) is 39.3 Å². The van der Waals surface area contributed by atoms with Crippen molar-refractivity contribution in [2.24, 2.45) is 0 Å². The van der Waals surface area contributed by atoms with Gasteiger partial charge in [-0.15, -0.1) is 9.13 Å². The fourth-order valence-electron chi connectivity index (χ4n) is 2.92. The van der Waals surface area contributed by atoms with Crippen molar-refractivity contribution in [1.82, 2.24) is 9.13 Å². The topological polar surface area (TPSA) is 34.7 Å².